The van der Waals surface area contributed by atoms with Crippen molar-refractivity contribution < 1.29 is 8.42 Å². The zero-order chi connectivity index (χ0) is 18.9. The summed E-state index contributed by atoms with van der Waals surface area (Å²) >= 11 is 0. The maximum atomic E-state index is 12.7. The minimum Gasteiger partial charge on any atom is -0.381 e. The highest BCUT2D eigenvalue weighted by Crippen LogP contribution is 2.26. The van der Waals surface area contributed by atoms with Gasteiger partial charge in [-0.25, -0.2) is 13.1 Å². The Kier molecular flexibility index (Phi) is 4.89. The van der Waals surface area contributed by atoms with Crippen LogP contribution in [0.5, 0.6) is 0 Å². The molecule has 4 nitrogen and oxygen atoms in total. The summed E-state index contributed by atoms with van der Waals surface area (Å²) in [4.78, 5) is 0.324. The molecule has 1 aliphatic rings. The predicted octanol–water partition coefficient (Wildman–Crippen LogP) is 4.46. The number of benzene rings is 3. The maximum absolute atomic E-state index is 12.7. The van der Waals surface area contributed by atoms with Crippen molar-refractivity contribution in [1.82, 2.24) is 4.72 Å². The van der Waals surface area contributed by atoms with Gasteiger partial charge in [0.1, 0.15) is 0 Å². The average Bonchev–Trinajstić information content (AvgIpc) is 3.08. The number of hydrogen-bond donors (Lipinski definition) is 2. The first-order valence-corrected chi connectivity index (χ1v) is 10.8. The lowest BCUT2D eigenvalue weighted by molar-refractivity contribution is 0.535. The van der Waals surface area contributed by atoms with Gasteiger partial charge in [-0.2, -0.15) is 0 Å². The van der Waals surface area contributed by atoms with Crippen molar-refractivity contribution in [3.8, 4) is 0 Å². The van der Waals surface area contributed by atoms with E-state index in [0.29, 0.717) is 4.90 Å². The van der Waals surface area contributed by atoms with Gasteiger partial charge < -0.3 is 5.32 Å². The molecule has 0 saturated heterocycles. The summed E-state index contributed by atoms with van der Waals surface area (Å²) < 4.78 is 28.4. The molecule has 0 heterocycles. The third kappa shape index (κ3) is 3.99. The van der Waals surface area contributed by atoms with E-state index >= 15 is 0 Å². The molecule has 1 saturated carbocycles. The molecule has 5 heteroatoms. The van der Waals surface area contributed by atoms with Gasteiger partial charge in [0.25, 0.3) is 0 Å². The van der Waals surface area contributed by atoms with Crippen LogP contribution in [0.2, 0.25) is 0 Å². The number of aryl methyl sites for hydroxylation is 1. The zero-order valence-electron chi connectivity index (χ0n) is 15.4. The van der Waals surface area contributed by atoms with Gasteiger partial charge in [-0.3, -0.25) is 0 Å². The van der Waals surface area contributed by atoms with E-state index in [-0.39, 0.29) is 12.1 Å². The molecule has 1 fully saturated rings. The fourth-order valence-corrected chi connectivity index (χ4v) is 5.06. The number of nitrogens with one attached hydrogen (secondary N) is 2. The molecule has 0 aliphatic heterocycles. The fourth-order valence-electron chi connectivity index (χ4n) is 3.75. The van der Waals surface area contributed by atoms with E-state index in [1.807, 2.05) is 31.2 Å². The van der Waals surface area contributed by atoms with Gasteiger partial charge in [-0.15, -0.1) is 0 Å². The van der Waals surface area contributed by atoms with Crippen LogP contribution in [0.3, 0.4) is 0 Å². The van der Waals surface area contributed by atoms with Gasteiger partial charge in [0.05, 0.1) is 4.90 Å². The van der Waals surface area contributed by atoms with Crippen molar-refractivity contribution in [3.63, 3.8) is 0 Å². The molecule has 2 N–H and O–H groups in total. The van der Waals surface area contributed by atoms with Crippen LogP contribution in [0.1, 0.15) is 24.8 Å². The fraction of sp³-hybridized carbons (Fsp3) is 0.273. The Bertz CT molecular complexity index is 1050. The van der Waals surface area contributed by atoms with E-state index in [2.05, 4.69) is 40.4 Å². The lowest BCUT2D eigenvalue weighted by Gasteiger charge is -2.23. The molecule has 0 amide bonds. The first kappa shape index (κ1) is 18.0. The lowest BCUT2D eigenvalue weighted by Crippen LogP contribution is -2.43. The monoisotopic (exact) mass is 380 g/mol. The Morgan fingerprint density at radius 1 is 0.852 bits per heavy atom. The molecule has 0 bridgehead atoms. The van der Waals surface area contributed by atoms with Crippen molar-refractivity contribution in [1.29, 1.82) is 0 Å². The van der Waals surface area contributed by atoms with Crippen LogP contribution < -0.4 is 10.0 Å². The minimum absolute atomic E-state index is 0.0892. The third-order valence-electron chi connectivity index (χ3n) is 5.26. The van der Waals surface area contributed by atoms with E-state index in [0.717, 1.165) is 30.5 Å². The van der Waals surface area contributed by atoms with Crippen LogP contribution >= 0.6 is 0 Å². The van der Waals surface area contributed by atoms with E-state index in [9.17, 15) is 8.42 Å². The van der Waals surface area contributed by atoms with Gasteiger partial charge in [-0.1, -0.05) is 48.0 Å². The molecule has 0 spiro atoms. The molecular formula is C22H24N2O2S. The van der Waals surface area contributed by atoms with Crippen LogP contribution in [-0.2, 0) is 10.0 Å². The average molecular weight is 381 g/mol. The van der Waals surface area contributed by atoms with Gasteiger partial charge >= 0.3 is 0 Å². The van der Waals surface area contributed by atoms with Gasteiger partial charge in [0.15, 0.2) is 0 Å². The standard InChI is InChI=1S/C22H24N2O2S/c1-16-9-13-20(14-10-16)27(25,26)24-22-8-4-7-21(22)23-19-12-11-17-5-2-3-6-18(17)15-19/h2-3,5-6,9-15,21-24H,4,7-8H2,1H3/t21-,22-/m1/s1. The number of hydrogen-bond acceptors (Lipinski definition) is 3. The largest absolute Gasteiger partial charge is 0.381 e. The molecular weight excluding hydrogens is 356 g/mol. The Hall–Kier alpha value is -2.37. The normalized spacial score (nSPS) is 20.0. The number of anilines is 1. The molecule has 0 radical (unpaired) electrons. The highest BCUT2D eigenvalue weighted by Gasteiger charge is 2.31. The second-order valence-corrected chi connectivity index (χ2v) is 9.00. The summed E-state index contributed by atoms with van der Waals surface area (Å²) in [5, 5.41) is 5.92. The Labute approximate surface area is 160 Å². The number of sulfonamides is 1. The highest BCUT2D eigenvalue weighted by molar-refractivity contribution is 7.89. The second-order valence-electron chi connectivity index (χ2n) is 7.28. The Morgan fingerprint density at radius 3 is 2.33 bits per heavy atom. The summed E-state index contributed by atoms with van der Waals surface area (Å²) in [7, 11) is -3.51. The number of rotatable bonds is 5. The second kappa shape index (κ2) is 7.33. The summed E-state index contributed by atoms with van der Waals surface area (Å²) in [5.74, 6) is 0. The van der Waals surface area contributed by atoms with E-state index < -0.39 is 10.0 Å². The van der Waals surface area contributed by atoms with Crippen LogP contribution in [0.15, 0.2) is 71.6 Å². The lowest BCUT2D eigenvalue weighted by atomic mass is 10.1. The third-order valence-corrected chi connectivity index (χ3v) is 6.76. The molecule has 140 valence electrons. The van der Waals surface area contributed by atoms with Crippen molar-refractivity contribution in [3.05, 3.63) is 72.3 Å². The summed E-state index contributed by atoms with van der Waals surface area (Å²) in [5.41, 5.74) is 2.07. The topological polar surface area (TPSA) is 58.2 Å². The van der Waals surface area contributed by atoms with Crippen molar-refractivity contribution in [2.45, 2.75) is 43.2 Å². The highest BCUT2D eigenvalue weighted by atomic mass is 32.2. The van der Waals surface area contributed by atoms with Crippen LogP contribution in [0.25, 0.3) is 10.8 Å². The Balaban J connectivity index is 1.50. The molecule has 4 rings (SSSR count). The van der Waals surface area contributed by atoms with Gasteiger partial charge in [-0.05, 0) is 61.2 Å². The maximum Gasteiger partial charge on any atom is 0.240 e. The van der Waals surface area contributed by atoms with Crippen molar-refractivity contribution in [2.24, 2.45) is 0 Å². The minimum atomic E-state index is -3.51. The van der Waals surface area contributed by atoms with Crippen LogP contribution in [-0.4, -0.2) is 20.5 Å². The first-order chi connectivity index (χ1) is 13.0. The van der Waals surface area contributed by atoms with E-state index in [1.165, 1.54) is 10.8 Å². The first-order valence-electron chi connectivity index (χ1n) is 9.36. The van der Waals surface area contributed by atoms with Crippen molar-refractivity contribution in [2.75, 3.05) is 5.32 Å². The van der Waals surface area contributed by atoms with Crippen LogP contribution in [0, 0.1) is 6.92 Å². The predicted molar refractivity (Wildman–Crippen MR) is 110 cm³/mol. The van der Waals surface area contributed by atoms with Gasteiger partial charge in [0, 0.05) is 17.8 Å². The summed E-state index contributed by atoms with van der Waals surface area (Å²) in [6.07, 6.45) is 2.80. The summed E-state index contributed by atoms with van der Waals surface area (Å²) in [6.45, 7) is 1.95. The zero-order valence-corrected chi connectivity index (χ0v) is 16.2. The van der Waals surface area contributed by atoms with E-state index in [4.69, 9.17) is 0 Å². The van der Waals surface area contributed by atoms with Gasteiger partial charge in [0.2, 0.25) is 10.0 Å². The number of fused-ring (bicyclic) bond motifs is 1. The Morgan fingerprint density at radius 2 is 1.56 bits per heavy atom. The van der Waals surface area contributed by atoms with Crippen LogP contribution in [0.4, 0.5) is 5.69 Å². The molecule has 1 aliphatic carbocycles. The SMILES string of the molecule is Cc1ccc(S(=O)(=O)N[C@@H]2CCC[C@H]2Nc2ccc3ccccc3c2)cc1. The smallest absolute Gasteiger partial charge is 0.240 e. The van der Waals surface area contributed by atoms with E-state index in [1.54, 1.807) is 12.1 Å². The molecule has 0 unspecified atom stereocenters. The van der Waals surface area contributed by atoms with Crippen molar-refractivity contribution >= 4 is 26.5 Å². The molecule has 3 aromatic carbocycles. The quantitative estimate of drug-likeness (QED) is 0.687. The molecule has 0 aromatic heterocycles. The molecule has 2 atom stereocenters. The molecule has 3 aromatic rings. The summed E-state index contributed by atoms with van der Waals surface area (Å²) in [6, 6.07) is 21.5. The molecule has 27 heavy (non-hydrogen) atoms.